The summed E-state index contributed by atoms with van der Waals surface area (Å²) in [6.07, 6.45) is 0.934. The summed E-state index contributed by atoms with van der Waals surface area (Å²) in [6.45, 7) is 0.293. The van der Waals surface area contributed by atoms with Crippen molar-refractivity contribution in [1.29, 1.82) is 0 Å². The lowest BCUT2D eigenvalue weighted by atomic mass is 10.1. The van der Waals surface area contributed by atoms with Gasteiger partial charge in [0, 0.05) is 23.1 Å². The number of carbonyl (C=O) groups excluding carboxylic acids is 1. The summed E-state index contributed by atoms with van der Waals surface area (Å²) >= 11 is 3.33. The van der Waals surface area contributed by atoms with Crippen molar-refractivity contribution in [3.8, 4) is 0 Å². The second-order valence-corrected chi connectivity index (χ2v) is 5.57. The number of aryl methyl sites for hydroxylation is 1. The van der Waals surface area contributed by atoms with E-state index in [-0.39, 0.29) is 11.7 Å². The van der Waals surface area contributed by atoms with Crippen molar-refractivity contribution in [1.82, 2.24) is 5.32 Å². The molecule has 0 saturated carbocycles. The Labute approximate surface area is 131 Å². The van der Waals surface area contributed by atoms with Crippen molar-refractivity contribution in [3.63, 3.8) is 0 Å². The first kappa shape index (κ1) is 15.5. The minimum Gasteiger partial charge on any atom is -0.399 e. The molecule has 0 aromatic heterocycles. The van der Waals surface area contributed by atoms with E-state index < -0.39 is 0 Å². The van der Waals surface area contributed by atoms with Crippen molar-refractivity contribution in [2.75, 3.05) is 5.73 Å². The van der Waals surface area contributed by atoms with E-state index in [2.05, 4.69) is 21.2 Å². The van der Waals surface area contributed by atoms with Gasteiger partial charge < -0.3 is 11.1 Å². The molecule has 0 atom stereocenters. The Morgan fingerprint density at radius 2 is 1.95 bits per heavy atom. The first-order chi connectivity index (χ1) is 10.1. The van der Waals surface area contributed by atoms with Crippen LogP contribution in [0.25, 0.3) is 0 Å². The maximum Gasteiger partial charge on any atom is 0.220 e. The lowest BCUT2D eigenvalue weighted by molar-refractivity contribution is -0.121. The van der Waals surface area contributed by atoms with Gasteiger partial charge in [-0.1, -0.05) is 34.1 Å². The van der Waals surface area contributed by atoms with E-state index in [1.165, 1.54) is 12.1 Å². The molecule has 0 fully saturated rings. The summed E-state index contributed by atoms with van der Waals surface area (Å²) in [6, 6.07) is 11.9. The Kier molecular flexibility index (Phi) is 5.33. The molecule has 1 amide bonds. The van der Waals surface area contributed by atoms with E-state index >= 15 is 0 Å². The summed E-state index contributed by atoms with van der Waals surface area (Å²) in [5.74, 6) is -0.408. The molecule has 0 radical (unpaired) electrons. The third kappa shape index (κ3) is 4.56. The Morgan fingerprint density at radius 3 is 2.71 bits per heavy atom. The summed E-state index contributed by atoms with van der Waals surface area (Å²) < 4.78 is 13.9. The third-order valence-electron chi connectivity index (χ3n) is 3.16. The van der Waals surface area contributed by atoms with Gasteiger partial charge in [0.05, 0.1) is 0 Å². The molecule has 2 aromatic carbocycles. The molecule has 0 aliphatic rings. The zero-order valence-electron chi connectivity index (χ0n) is 11.4. The van der Waals surface area contributed by atoms with E-state index in [4.69, 9.17) is 5.73 Å². The molecule has 2 aromatic rings. The zero-order chi connectivity index (χ0) is 15.2. The molecule has 0 aliphatic carbocycles. The molecule has 0 bridgehead atoms. The SMILES string of the molecule is Nc1ccccc1CCC(=O)NCc1cc(F)ccc1Br. The van der Waals surface area contributed by atoms with Crippen molar-refractivity contribution in [2.45, 2.75) is 19.4 Å². The van der Waals surface area contributed by atoms with Gasteiger partial charge in [0.15, 0.2) is 0 Å². The van der Waals surface area contributed by atoms with Crippen molar-refractivity contribution >= 4 is 27.5 Å². The summed E-state index contributed by atoms with van der Waals surface area (Å²) in [5.41, 5.74) is 8.19. The van der Waals surface area contributed by atoms with Crippen LogP contribution in [0.3, 0.4) is 0 Å². The Morgan fingerprint density at radius 1 is 1.19 bits per heavy atom. The predicted octanol–water partition coefficient (Wildman–Crippen LogP) is 3.42. The average Bonchev–Trinajstić information content (AvgIpc) is 2.47. The van der Waals surface area contributed by atoms with E-state index in [9.17, 15) is 9.18 Å². The normalized spacial score (nSPS) is 10.4. The molecule has 110 valence electrons. The molecular formula is C16H16BrFN2O. The van der Waals surface area contributed by atoms with Gasteiger partial charge in [-0.05, 0) is 41.8 Å². The Hall–Kier alpha value is -1.88. The summed E-state index contributed by atoms with van der Waals surface area (Å²) in [5, 5.41) is 2.78. The number of halogens is 2. The minimum absolute atomic E-state index is 0.0885. The molecule has 21 heavy (non-hydrogen) atoms. The minimum atomic E-state index is -0.320. The average molecular weight is 351 g/mol. The van der Waals surface area contributed by atoms with Crippen molar-refractivity contribution in [2.24, 2.45) is 0 Å². The monoisotopic (exact) mass is 350 g/mol. The number of benzene rings is 2. The van der Waals surface area contributed by atoms with Crippen LogP contribution in [0.4, 0.5) is 10.1 Å². The second kappa shape index (κ2) is 7.22. The van der Waals surface area contributed by atoms with Crippen LogP contribution in [0.2, 0.25) is 0 Å². The molecule has 3 N–H and O–H groups in total. The highest BCUT2D eigenvalue weighted by atomic mass is 79.9. The van der Waals surface area contributed by atoms with Crippen LogP contribution in [0.1, 0.15) is 17.5 Å². The Balaban J connectivity index is 1.85. The highest BCUT2D eigenvalue weighted by Gasteiger charge is 2.06. The smallest absolute Gasteiger partial charge is 0.220 e. The lowest BCUT2D eigenvalue weighted by Crippen LogP contribution is -2.23. The number of rotatable bonds is 5. The van der Waals surface area contributed by atoms with Gasteiger partial charge >= 0.3 is 0 Å². The topological polar surface area (TPSA) is 55.1 Å². The number of anilines is 1. The van der Waals surface area contributed by atoms with Crippen LogP contribution in [0.5, 0.6) is 0 Å². The number of para-hydroxylation sites is 1. The second-order valence-electron chi connectivity index (χ2n) is 4.71. The molecule has 0 spiro atoms. The van der Waals surface area contributed by atoms with Crippen LogP contribution >= 0.6 is 15.9 Å². The first-order valence-electron chi connectivity index (χ1n) is 6.60. The van der Waals surface area contributed by atoms with Gasteiger partial charge in [-0.3, -0.25) is 4.79 Å². The quantitative estimate of drug-likeness (QED) is 0.811. The van der Waals surface area contributed by atoms with Crippen LogP contribution in [0, 0.1) is 5.82 Å². The van der Waals surface area contributed by atoms with Crippen LogP contribution in [-0.2, 0) is 17.8 Å². The summed E-state index contributed by atoms with van der Waals surface area (Å²) in [4.78, 5) is 11.8. The van der Waals surface area contributed by atoms with Gasteiger partial charge in [-0.25, -0.2) is 4.39 Å². The summed E-state index contributed by atoms with van der Waals surface area (Å²) in [7, 11) is 0. The number of carbonyl (C=O) groups is 1. The van der Waals surface area contributed by atoms with Gasteiger partial charge in [0.1, 0.15) is 5.82 Å². The lowest BCUT2D eigenvalue weighted by Gasteiger charge is -2.08. The van der Waals surface area contributed by atoms with Gasteiger partial charge in [0.25, 0.3) is 0 Å². The number of amides is 1. The Bertz CT molecular complexity index is 646. The number of nitrogens with two attached hydrogens (primary N) is 1. The predicted molar refractivity (Wildman–Crippen MR) is 85.1 cm³/mol. The fourth-order valence-electron chi connectivity index (χ4n) is 1.97. The molecule has 0 unspecified atom stereocenters. The number of nitrogen functional groups attached to an aromatic ring is 1. The highest BCUT2D eigenvalue weighted by Crippen LogP contribution is 2.17. The number of hydrogen-bond acceptors (Lipinski definition) is 2. The first-order valence-corrected chi connectivity index (χ1v) is 7.39. The van der Waals surface area contributed by atoms with Crippen molar-refractivity contribution < 1.29 is 9.18 Å². The van der Waals surface area contributed by atoms with Crippen LogP contribution in [-0.4, -0.2) is 5.91 Å². The number of hydrogen-bond donors (Lipinski definition) is 2. The van der Waals surface area contributed by atoms with Gasteiger partial charge in [-0.2, -0.15) is 0 Å². The molecule has 0 heterocycles. The fraction of sp³-hybridized carbons (Fsp3) is 0.188. The van der Waals surface area contributed by atoms with Crippen molar-refractivity contribution in [3.05, 3.63) is 63.9 Å². The molecule has 3 nitrogen and oxygen atoms in total. The largest absolute Gasteiger partial charge is 0.399 e. The van der Waals surface area contributed by atoms with Gasteiger partial charge in [0.2, 0.25) is 5.91 Å². The van der Waals surface area contributed by atoms with E-state index in [0.717, 1.165) is 10.0 Å². The maximum absolute atomic E-state index is 13.1. The third-order valence-corrected chi connectivity index (χ3v) is 3.93. The number of nitrogens with one attached hydrogen (secondary N) is 1. The highest BCUT2D eigenvalue weighted by molar-refractivity contribution is 9.10. The molecule has 5 heteroatoms. The molecule has 0 saturated heterocycles. The van der Waals surface area contributed by atoms with Crippen LogP contribution < -0.4 is 11.1 Å². The fourth-order valence-corrected chi connectivity index (χ4v) is 2.36. The van der Waals surface area contributed by atoms with Gasteiger partial charge in [-0.15, -0.1) is 0 Å². The maximum atomic E-state index is 13.1. The molecule has 2 rings (SSSR count). The standard InChI is InChI=1S/C16H16BrFN2O/c17-14-7-6-13(18)9-12(14)10-20-16(21)8-5-11-3-1-2-4-15(11)19/h1-4,6-7,9H,5,8,10,19H2,(H,20,21). The molecule has 0 aliphatic heterocycles. The van der Waals surface area contributed by atoms with E-state index in [1.807, 2.05) is 24.3 Å². The van der Waals surface area contributed by atoms with Crippen LogP contribution in [0.15, 0.2) is 46.9 Å². The molecular weight excluding hydrogens is 335 g/mol. The zero-order valence-corrected chi connectivity index (χ0v) is 13.0. The van der Waals surface area contributed by atoms with E-state index in [1.54, 1.807) is 6.07 Å². The van der Waals surface area contributed by atoms with E-state index in [0.29, 0.717) is 30.6 Å².